The van der Waals surface area contributed by atoms with Gasteiger partial charge in [0.25, 0.3) is 11.8 Å². The lowest BCUT2D eigenvalue weighted by molar-refractivity contribution is 0.0766. The molecular formula is C23H19N5O3. The Labute approximate surface area is 177 Å². The van der Waals surface area contributed by atoms with E-state index < -0.39 is 5.91 Å². The highest BCUT2D eigenvalue weighted by Crippen LogP contribution is 2.26. The minimum absolute atomic E-state index is 0.00681. The van der Waals surface area contributed by atoms with Crippen LogP contribution in [0.15, 0.2) is 71.6 Å². The summed E-state index contributed by atoms with van der Waals surface area (Å²) in [5.74, 6) is -0.409. The third kappa shape index (κ3) is 3.38. The first-order chi connectivity index (χ1) is 15.1. The predicted molar refractivity (Wildman–Crippen MR) is 114 cm³/mol. The molecule has 154 valence electrons. The lowest BCUT2D eigenvalue weighted by Gasteiger charge is -2.26. The molecule has 0 spiro atoms. The van der Waals surface area contributed by atoms with E-state index in [1.807, 2.05) is 18.2 Å². The van der Waals surface area contributed by atoms with Gasteiger partial charge in [0.1, 0.15) is 12.0 Å². The van der Waals surface area contributed by atoms with E-state index in [0.29, 0.717) is 24.5 Å². The molecule has 0 bridgehead atoms. The number of imidazole rings is 1. The fourth-order valence-corrected chi connectivity index (χ4v) is 3.80. The molecule has 0 fully saturated rings. The number of rotatable bonds is 4. The first kappa shape index (κ1) is 18.8. The number of benzene rings is 1. The van der Waals surface area contributed by atoms with Crippen molar-refractivity contribution >= 4 is 23.0 Å². The number of aromatic nitrogens is 3. The van der Waals surface area contributed by atoms with Crippen molar-refractivity contribution in [3.63, 3.8) is 0 Å². The molecular weight excluding hydrogens is 394 g/mol. The van der Waals surface area contributed by atoms with Gasteiger partial charge in [-0.15, -0.1) is 0 Å². The summed E-state index contributed by atoms with van der Waals surface area (Å²) in [6, 6.07) is 15.3. The van der Waals surface area contributed by atoms with E-state index in [-0.39, 0.29) is 22.9 Å². The van der Waals surface area contributed by atoms with Crippen LogP contribution in [0.3, 0.4) is 0 Å². The molecule has 3 aromatic heterocycles. The first-order valence-corrected chi connectivity index (χ1v) is 9.87. The molecule has 1 aliphatic heterocycles. The number of furan rings is 1. The molecule has 5 rings (SSSR count). The average Bonchev–Trinajstić information content (AvgIpc) is 3.49. The van der Waals surface area contributed by atoms with E-state index in [0.717, 1.165) is 6.42 Å². The van der Waals surface area contributed by atoms with Gasteiger partial charge >= 0.3 is 0 Å². The average molecular weight is 413 g/mol. The molecule has 1 aliphatic rings. The topological polar surface area (TPSA) is 107 Å². The minimum atomic E-state index is -0.710. The van der Waals surface area contributed by atoms with Crippen molar-refractivity contribution in [2.75, 3.05) is 13.1 Å². The normalized spacial score (nSPS) is 13.9. The highest BCUT2D eigenvalue weighted by molar-refractivity contribution is 5.99. The van der Waals surface area contributed by atoms with Gasteiger partial charge in [-0.1, -0.05) is 36.4 Å². The summed E-state index contributed by atoms with van der Waals surface area (Å²) in [6.45, 7) is 1.05. The van der Waals surface area contributed by atoms with Gasteiger partial charge in [-0.2, -0.15) is 0 Å². The number of carbonyl (C=O) groups excluding carboxylic acids is 2. The first-order valence-electron chi connectivity index (χ1n) is 9.87. The van der Waals surface area contributed by atoms with Crippen molar-refractivity contribution in [3.05, 3.63) is 84.1 Å². The van der Waals surface area contributed by atoms with Gasteiger partial charge in [0.05, 0.1) is 12.0 Å². The summed E-state index contributed by atoms with van der Waals surface area (Å²) in [4.78, 5) is 35.3. The summed E-state index contributed by atoms with van der Waals surface area (Å²) in [5, 5.41) is 0. The van der Waals surface area contributed by atoms with Gasteiger partial charge < -0.3 is 15.1 Å². The Hall–Kier alpha value is -4.20. The van der Waals surface area contributed by atoms with Crippen LogP contribution in [0.4, 0.5) is 0 Å². The molecule has 0 radical (unpaired) electrons. The summed E-state index contributed by atoms with van der Waals surface area (Å²) >= 11 is 0. The Kier molecular flexibility index (Phi) is 4.59. The number of nitrogens with zero attached hydrogens (tertiary/aromatic N) is 4. The highest BCUT2D eigenvalue weighted by atomic mass is 16.3. The molecule has 0 saturated heterocycles. The van der Waals surface area contributed by atoms with Crippen molar-refractivity contribution in [3.8, 4) is 11.5 Å². The van der Waals surface area contributed by atoms with Crippen LogP contribution < -0.4 is 5.73 Å². The predicted octanol–water partition coefficient (Wildman–Crippen LogP) is 3.02. The molecule has 8 heteroatoms. The Bertz CT molecular complexity index is 1310. The molecule has 0 aliphatic carbocycles. The van der Waals surface area contributed by atoms with E-state index in [2.05, 4.69) is 28.2 Å². The maximum Gasteiger partial charge on any atom is 0.272 e. The largest absolute Gasteiger partial charge is 0.463 e. The quantitative estimate of drug-likeness (QED) is 0.553. The van der Waals surface area contributed by atoms with Gasteiger partial charge in [0.2, 0.25) is 0 Å². The maximum absolute atomic E-state index is 13.3. The number of hydrogen-bond donors (Lipinski definition) is 1. The third-order valence-electron chi connectivity index (χ3n) is 5.37. The molecule has 31 heavy (non-hydrogen) atoms. The molecule has 1 aromatic carbocycles. The van der Waals surface area contributed by atoms with Gasteiger partial charge in [-0.3, -0.25) is 14.0 Å². The van der Waals surface area contributed by atoms with Gasteiger partial charge in [0.15, 0.2) is 17.1 Å². The van der Waals surface area contributed by atoms with Crippen LogP contribution in [0, 0.1) is 0 Å². The zero-order valence-electron chi connectivity index (χ0n) is 16.6. The Morgan fingerprint density at radius 3 is 2.61 bits per heavy atom. The fourth-order valence-electron chi connectivity index (χ4n) is 3.80. The van der Waals surface area contributed by atoms with Crippen LogP contribution in [-0.4, -0.2) is 44.2 Å². The number of carbonyl (C=O) groups is 2. The van der Waals surface area contributed by atoms with Crippen LogP contribution >= 0.6 is 0 Å². The molecule has 2 amide bonds. The number of amides is 2. The van der Waals surface area contributed by atoms with E-state index in [9.17, 15) is 9.59 Å². The van der Waals surface area contributed by atoms with E-state index in [1.54, 1.807) is 27.5 Å². The van der Waals surface area contributed by atoms with Gasteiger partial charge in [-0.25, -0.2) is 9.97 Å². The van der Waals surface area contributed by atoms with Crippen LogP contribution in [0.1, 0.15) is 33.0 Å². The second kappa shape index (κ2) is 7.56. The second-order valence-electron chi connectivity index (χ2n) is 7.25. The zero-order valence-corrected chi connectivity index (χ0v) is 16.6. The summed E-state index contributed by atoms with van der Waals surface area (Å²) in [5.41, 5.74) is 8.84. The zero-order chi connectivity index (χ0) is 21.4. The minimum Gasteiger partial charge on any atom is -0.463 e. The number of fused-ring (bicyclic) bond motifs is 1. The number of hydrogen-bond acceptors (Lipinski definition) is 5. The molecule has 0 atom stereocenters. The van der Waals surface area contributed by atoms with Gasteiger partial charge in [0, 0.05) is 13.1 Å². The Morgan fingerprint density at radius 2 is 1.94 bits per heavy atom. The lowest BCUT2D eigenvalue weighted by atomic mass is 9.99. The standard InChI is InChI=1S/C23H19N5O3/c24-21(29)20-22-26-17(13-18(28(22)14-25-20)19-7-4-12-31-19)23(30)27-10-8-16(9-11-27)15-5-2-1-3-6-15/h1-8,12-14H,9-11H2,(H2,24,29). The molecule has 4 aromatic rings. The third-order valence-corrected chi connectivity index (χ3v) is 5.37. The summed E-state index contributed by atoms with van der Waals surface area (Å²) < 4.78 is 7.11. The SMILES string of the molecule is NC(=O)c1ncn2c(-c3ccco3)cc(C(=O)N3CC=C(c4ccccc4)CC3)nc12. The molecule has 4 heterocycles. The van der Waals surface area contributed by atoms with E-state index in [4.69, 9.17) is 10.2 Å². The van der Waals surface area contributed by atoms with E-state index in [1.165, 1.54) is 23.7 Å². The fraction of sp³-hybridized carbons (Fsp3) is 0.130. The monoisotopic (exact) mass is 413 g/mol. The summed E-state index contributed by atoms with van der Waals surface area (Å²) in [7, 11) is 0. The maximum atomic E-state index is 13.3. The Morgan fingerprint density at radius 1 is 1.10 bits per heavy atom. The van der Waals surface area contributed by atoms with Crippen molar-refractivity contribution < 1.29 is 14.0 Å². The van der Waals surface area contributed by atoms with E-state index >= 15 is 0 Å². The lowest BCUT2D eigenvalue weighted by Crippen LogP contribution is -2.35. The molecule has 0 unspecified atom stereocenters. The van der Waals surface area contributed by atoms with Crippen molar-refractivity contribution in [2.24, 2.45) is 5.73 Å². The smallest absolute Gasteiger partial charge is 0.272 e. The van der Waals surface area contributed by atoms with Crippen molar-refractivity contribution in [1.29, 1.82) is 0 Å². The molecule has 8 nitrogen and oxygen atoms in total. The highest BCUT2D eigenvalue weighted by Gasteiger charge is 2.24. The second-order valence-corrected chi connectivity index (χ2v) is 7.25. The number of nitrogens with two attached hydrogens (primary N) is 1. The Balaban J connectivity index is 1.51. The van der Waals surface area contributed by atoms with Gasteiger partial charge in [-0.05, 0) is 35.8 Å². The van der Waals surface area contributed by atoms with Crippen LogP contribution in [0.25, 0.3) is 22.7 Å². The van der Waals surface area contributed by atoms with Crippen molar-refractivity contribution in [2.45, 2.75) is 6.42 Å². The molecule has 2 N–H and O–H groups in total. The molecule has 0 saturated carbocycles. The van der Waals surface area contributed by atoms with Crippen LogP contribution in [0.2, 0.25) is 0 Å². The van der Waals surface area contributed by atoms with Crippen LogP contribution in [0.5, 0.6) is 0 Å². The number of primary amides is 1. The summed E-state index contributed by atoms with van der Waals surface area (Å²) in [6.07, 6.45) is 5.80. The van der Waals surface area contributed by atoms with Crippen molar-refractivity contribution in [1.82, 2.24) is 19.3 Å². The van der Waals surface area contributed by atoms with Crippen LogP contribution in [-0.2, 0) is 0 Å².